The van der Waals surface area contributed by atoms with Crippen molar-refractivity contribution in [2.24, 2.45) is 0 Å². The molecule has 0 aliphatic rings. The number of amides is 1. The summed E-state index contributed by atoms with van der Waals surface area (Å²) in [6.45, 7) is 3.52. The van der Waals surface area contributed by atoms with Crippen molar-refractivity contribution in [2.45, 2.75) is 19.8 Å². The monoisotopic (exact) mass is 313 g/mol. The van der Waals surface area contributed by atoms with E-state index < -0.39 is 0 Å². The molecule has 0 radical (unpaired) electrons. The third-order valence-corrected chi connectivity index (χ3v) is 3.34. The number of aryl methyl sites for hydroxylation is 1. The Bertz CT molecular complexity index is 599. The number of nitrogens with one attached hydrogen (secondary N) is 1. The van der Waals surface area contributed by atoms with Gasteiger partial charge in [0, 0.05) is 6.42 Å². The molecule has 0 saturated heterocycles. The first kappa shape index (κ1) is 16.9. The van der Waals surface area contributed by atoms with Gasteiger partial charge in [-0.3, -0.25) is 4.79 Å². The van der Waals surface area contributed by atoms with Crippen LogP contribution in [0, 0.1) is 6.92 Å². The van der Waals surface area contributed by atoms with E-state index >= 15 is 0 Å². The zero-order valence-corrected chi connectivity index (χ0v) is 13.5. The average Bonchev–Trinajstić information content (AvgIpc) is 2.58. The topological polar surface area (TPSA) is 47.6 Å². The number of carbonyl (C=O) groups is 1. The molecule has 4 nitrogen and oxygen atoms in total. The first-order valence-corrected chi connectivity index (χ1v) is 7.88. The zero-order chi connectivity index (χ0) is 16.3. The Hall–Kier alpha value is -2.49. The van der Waals surface area contributed by atoms with Gasteiger partial charge in [-0.25, -0.2) is 0 Å². The van der Waals surface area contributed by atoms with E-state index in [1.54, 1.807) is 0 Å². The van der Waals surface area contributed by atoms with E-state index in [1.807, 2.05) is 61.5 Å². The number of hydrogen-bond acceptors (Lipinski definition) is 3. The summed E-state index contributed by atoms with van der Waals surface area (Å²) in [5, 5.41) is 2.85. The van der Waals surface area contributed by atoms with Gasteiger partial charge in [-0.15, -0.1) is 0 Å². The fraction of sp³-hybridized carbons (Fsp3) is 0.316. The number of para-hydroxylation sites is 2. The maximum atomic E-state index is 11.7. The van der Waals surface area contributed by atoms with E-state index in [0.717, 1.165) is 17.1 Å². The summed E-state index contributed by atoms with van der Waals surface area (Å²) in [5.74, 6) is 1.72. The maximum Gasteiger partial charge on any atom is 0.220 e. The highest BCUT2D eigenvalue weighted by molar-refractivity contribution is 5.75. The minimum Gasteiger partial charge on any atom is -0.494 e. The SMILES string of the molecule is Cc1ccccc1OCCNC(=O)CCCOc1ccccc1. The van der Waals surface area contributed by atoms with Gasteiger partial charge in [0.25, 0.3) is 0 Å². The Kier molecular flexibility index (Phi) is 6.98. The molecular formula is C19H23NO3. The van der Waals surface area contributed by atoms with Crippen LogP contribution in [0.1, 0.15) is 18.4 Å². The molecule has 0 saturated carbocycles. The molecule has 23 heavy (non-hydrogen) atoms. The Morgan fingerprint density at radius 2 is 1.70 bits per heavy atom. The van der Waals surface area contributed by atoms with Crippen LogP contribution in [-0.2, 0) is 4.79 Å². The summed E-state index contributed by atoms with van der Waals surface area (Å²) in [6.07, 6.45) is 1.15. The van der Waals surface area contributed by atoms with Crippen LogP contribution < -0.4 is 14.8 Å². The molecule has 0 atom stereocenters. The quantitative estimate of drug-likeness (QED) is 0.722. The Balaban J connectivity index is 1.53. The van der Waals surface area contributed by atoms with Gasteiger partial charge in [-0.1, -0.05) is 36.4 Å². The van der Waals surface area contributed by atoms with Crippen molar-refractivity contribution >= 4 is 5.91 Å². The van der Waals surface area contributed by atoms with Gasteiger partial charge in [0.1, 0.15) is 18.1 Å². The van der Waals surface area contributed by atoms with E-state index in [9.17, 15) is 4.79 Å². The number of benzene rings is 2. The van der Waals surface area contributed by atoms with Gasteiger partial charge < -0.3 is 14.8 Å². The summed E-state index contributed by atoms with van der Waals surface area (Å²) < 4.78 is 11.2. The molecule has 1 N–H and O–H groups in total. The Labute approximate surface area is 137 Å². The zero-order valence-electron chi connectivity index (χ0n) is 13.5. The minimum atomic E-state index is 0.0232. The molecule has 0 fully saturated rings. The van der Waals surface area contributed by atoms with E-state index in [2.05, 4.69) is 5.32 Å². The van der Waals surface area contributed by atoms with Crippen molar-refractivity contribution < 1.29 is 14.3 Å². The molecule has 122 valence electrons. The number of hydrogen-bond donors (Lipinski definition) is 1. The van der Waals surface area contributed by atoms with Crippen LogP contribution in [0.5, 0.6) is 11.5 Å². The van der Waals surface area contributed by atoms with Crippen LogP contribution in [0.25, 0.3) is 0 Å². The van der Waals surface area contributed by atoms with E-state index in [4.69, 9.17) is 9.47 Å². The standard InChI is InChI=1S/C19H23NO3/c1-16-8-5-6-11-18(16)23-15-13-20-19(21)12-7-14-22-17-9-3-2-4-10-17/h2-6,8-11H,7,12-15H2,1H3,(H,20,21). The lowest BCUT2D eigenvalue weighted by Crippen LogP contribution is -2.28. The first-order chi connectivity index (χ1) is 11.3. The largest absolute Gasteiger partial charge is 0.494 e. The van der Waals surface area contributed by atoms with Crippen molar-refractivity contribution in [1.29, 1.82) is 0 Å². The van der Waals surface area contributed by atoms with E-state index in [-0.39, 0.29) is 5.91 Å². The third kappa shape index (κ3) is 6.43. The van der Waals surface area contributed by atoms with Crippen LogP contribution in [0.4, 0.5) is 0 Å². The Morgan fingerprint density at radius 1 is 0.957 bits per heavy atom. The van der Waals surface area contributed by atoms with Gasteiger partial charge >= 0.3 is 0 Å². The maximum absolute atomic E-state index is 11.7. The van der Waals surface area contributed by atoms with Crippen LogP contribution >= 0.6 is 0 Å². The molecule has 0 bridgehead atoms. The van der Waals surface area contributed by atoms with Crippen molar-refractivity contribution in [3.63, 3.8) is 0 Å². The second kappa shape index (κ2) is 9.51. The number of ether oxygens (including phenoxy) is 2. The van der Waals surface area contributed by atoms with Gasteiger partial charge in [0.05, 0.1) is 13.2 Å². The van der Waals surface area contributed by atoms with Crippen molar-refractivity contribution in [1.82, 2.24) is 5.32 Å². The molecule has 2 rings (SSSR count). The predicted octanol–water partition coefficient (Wildman–Crippen LogP) is 3.35. The van der Waals surface area contributed by atoms with Crippen molar-refractivity contribution in [3.05, 3.63) is 60.2 Å². The number of carbonyl (C=O) groups excluding carboxylic acids is 1. The van der Waals surface area contributed by atoms with Crippen LogP contribution in [0.2, 0.25) is 0 Å². The summed E-state index contributed by atoms with van der Waals surface area (Å²) in [6, 6.07) is 17.5. The first-order valence-electron chi connectivity index (χ1n) is 7.88. The molecule has 0 aliphatic heterocycles. The highest BCUT2D eigenvalue weighted by Crippen LogP contribution is 2.15. The van der Waals surface area contributed by atoms with Crippen LogP contribution in [0.3, 0.4) is 0 Å². The predicted molar refractivity (Wildman–Crippen MR) is 90.9 cm³/mol. The highest BCUT2D eigenvalue weighted by atomic mass is 16.5. The average molecular weight is 313 g/mol. The summed E-state index contributed by atoms with van der Waals surface area (Å²) in [5.41, 5.74) is 1.09. The second-order valence-corrected chi connectivity index (χ2v) is 5.23. The minimum absolute atomic E-state index is 0.0232. The van der Waals surface area contributed by atoms with E-state index in [1.165, 1.54) is 0 Å². The molecule has 4 heteroatoms. The summed E-state index contributed by atoms with van der Waals surface area (Å²) >= 11 is 0. The van der Waals surface area contributed by atoms with Crippen LogP contribution in [0.15, 0.2) is 54.6 Å². The normalized spacial score (nSPS) is 10.1. The van der Waals surface area contributed by atoms with Gasteiger partial charge in [0.15, 0.2) is 0 Å². The number of rotatable bonds is 9. The van der Waals surface area contributed by atoms with Gasteiger partial charge in [-0.2, -0.15) is 0 Å². The molecular weight excluding hydrogens is 290 g/mol. The molecule has 0 spiro atoms. The molecule has 0 heterocycles. The van der Waals surface area contributed by atoms with Crippen molar-refractivity contribution in [2.75, 3.05) is 19.8 Å². The lowest BCUT2D eigenvalue weighted by molar-refractivity contribution is -0.121. The smallest absolute Gasteiger partial charge is 0.220 e. The fourth-order valence-electron chi connectivity index (χ4n) is 2.10. The fourth-order valence-corrected chi connectivity index (χ4v) is 2.10. The third-order valence-electron chi connectivity index (χ3n) is 3.34. The lowest BCUT2D eigenvalue weighted by Gasteiger charge is -2.10. The van der Waals surface area contributed by atoms with E-state index in [0.29, 0.717) is 32.6 Å². The molecule has 2 aromatic carbocycles. The second-order valence-electron chi connectivity index (χ2n) is 5.23. The molecule has 0 aromatic heterocycles. The lowest BCUT2D eigenvalue weighted by atomic mass is 10.2. The summed E-state index contributed by atoms with van der Waals surface area (Å²) in [4.78, 5) is 11.7. The Morgan fingerprint density at radius 3 is 2.48 bits per heavy atom. The molecule has 0 unspecified atom stereocenters. The molecule has 2 aromatic rings. The summed E-state index contributed by atoms with van der Waals surface area (Å²) in [7, 11) is 0. The van der Waals surface area contributed by atoms with Crippen molar-refractivity contribution in [3.8, 4) is 11.5 Å². The molecule has 1 amide bonds. The van der Waals surface area contributed by atoms with Gasteiger partial charge in [0.2, 0.25) is 5.91 Å². The van der Waals surface area contributed by atoms with Gasteiger partial charge in [-0.05, 0) is 37.1 Å². The van der Waals surface area contributed by atoms with Crippen LogP contribution in [-0.4, -0.2) is 25.7 Å². The highest BCUT2D eigenvalue weighted by Gasteiger charge is 2.02. The molecule has 0 aliphatic carbocycles.